The number of nitrogens with two attached hydrogens (primary N) is 2. The average molecular weight is 414 g/mol. The van der Waals surface area contributed by atoms with E-state index in [1.807, 2.05) is 0 Å². The summed E-state index contributed by atoms with van der Waals surface area (Å²) in [5.41, 5.74) is 11.3. The molecule has 150 valence electrons. The number of carbonyl (C=O) groups excluding carboxylic acids is 1. The molecule has 0 spiro atoms. The van der Waals surface area contributed by atoms with Crippen molar-refractivity contribution in [1.29, 1.82) is 0 Å². The van der Waals surface area contributed by atoms with E-state index in [1.165, 1.54) is 0 Å². The predicted molar refractivity (Wildman–Crippen MR) is 102 cm³/mol. The van der Waals surface area contributed by atoms with Gasteiger partial charge < -0.3 is 22.1 Å². The number of hydrogen-bond acceptors (Lipinski definition) is 5. The lowest BCUT2D eigenvalue weighted by molar-refractivity contribution is -0.0512. The number of primary amides is 1. The molecule has 1 aliphatic carbocycles. The van der Waals surface area contributed by atoms with Gasteiger partial charge in [-0.05, 0) is 37.1 Å². The van der Waals surface area contributed by atoms with Crippen LogP contribution in [-0.4, -0.2) is 28.9 Å². The van der Waals surface area contributed by atoms with Crippen LogP contribution in [0, 0.1) is 5.82 Å². The van der Waals surface area contributed by atoms with E-state index in [0.717, 1.165) is 6.07 Å². The largest absolute Gasteiger partial charge is 0.365 e. The molecule has 2 aromatic rings. The normalized spacial score (nSPS) is 21.2. The van der Waals surface area contributed by atoms with E-state index in [9.17, 15) is 18.0 Å². The molecule has 0 saturated heterocycles. The second-order valence-corrected chi connectivity index (χ2v) is 7.09. The number of amides is 1. The Hall–Kier alpha value is -2.52. The molecule has 0 unspecified atom stereocenters. The number of rotatable bonds is 5. The lowest BCUT2D eigenvalue weighted by Gasteiger charge is -2.36. The van der Waals surface area contributed by atoms with Crippen LogP contribution in [0.15, 0.2) is 30.3 Å². The molecule has 10 heteroatoms. The topological polar surface area (TPSA) is 106 Å². The SMILES string of the molecule is NC(=O)c1cc(F)c(N[C@H]2[C@@H](N)CCCC2(F)F)nc1Nc1cccc(Cl)c1. The lowest BCUT2D eigenvalue weighted by atomic mass is 9.87. The van der Waals surface area contributed by atoms with Gasteiger partial charge in [-0.15, -0.1) is 0 Å². The van der Waals surface area contributed by atoms with Gasteiger partial charge in [-0.2, -0.15) is 0 Å². The number of carbonyl (C=O) groups is 1. The number of pyridine rings is 1. The van der Waals surface area contributed by atoms with Crippen LogP contribution in [0.2, 0.25) is 5.02 Å². The van der Waals surface area contributed by atoms with Crippen LogP contribution in [0.3, 0.4) is 0 Å². The highest BCUT2D eigenvalue weighted by Gasteiger charge is 2.46. The van der Waals surface area contributed by atoms with Crippen molar-refractivity contribution in [3.05, 3.63) is 46.7 Å². The molecule has 3 rings (SSSR count). The summed E-state index contributed by atoms with van der Waals surface area (Å²) in [7, 11) is 0. The molecule has 1 aliphatic rings. The van der Waals surface area contributed by atoms with E-state index in [2.05, 4.69) is 15.6 Å². The van der Waals surface area contributed by atoms with Gasteiger partial charge in [-0.25, -0.2) is 18.2 Å². The fraction of sp³-hybridized carbons (Fsp3) is 0.333. The van der Waals surface area contributed by atoms with Crippen LogP contribution in [-0.2, 0) is 0 Å². The maximum atomic E-state index is 14.5. The number of hydrogen-bond donors (Lipinski definition) is 4. The van der Waals surface area contributed by atoms with E-state index in [-0.39, 0.29) is 24.2 Å². The van der Waals surface area contributed by atoms with Gasteiger partial charge in [0.2, 0.25) is 0 Å². The Bertz CT molecular complexity index is 896. The van der Waals surface area contributed by atoms with Crippen molar-refractivity contribution in [3.63, 3.8) is 0 Å². The van der Waals surface area contributed by atoms with Crippen LogP contribution in [0.25, 0.3) is 0 Å². The molecule has 1 aromatic heterocycles. The second kappa shape index (κ2) is 7.84. The fourth-order valence-corrected chi connectivity index (χ4v) is 3.34. The summed E-state index contributed by atoms with van der Waals surface area (Å²) in [6.45, 7) is 0. The van der Waals surface area contributed by atoms with E-state index in [4.69, 9.17) is 23.1 Å². The summed E-state index contributed by atoms with van der Waals surface area (Å²) >= 11 is 5.92. The molecule has 1 aromatic carbocycles. The third kappa shape index (κ3) is 4.31. The van der Waals surface area contributed by atoms with Crippen LogP contribution in [0.5, 0.6) is 0 Å². The standard InChI is InChI=1S/C18H19ClF3N5O/c19-9-3-1-4-10(7-9)25-16-11(15(24)28)8-12(20)17(27-16)26-14-13(23)5-2-6-18(14,21)22/h1,3-4,7-8,13-14H,2,5-6,23H2,(H2,24,28)(H2,25,26,27)/t13-,14-/m0/s1. The zero-order valence-electron chi connectivity index (χ0n) is 14.7. The fourth-order valence-electron chi connectivity index (χ4n) is 3.14. The number of nitrogens with zero attached hydrogens (tertiary/aromatic N) is 1. The van der Waals surface area contributed by atoms with Crippen LogP contribution in [0.1, 0.15) is 29.6 Å². The molecule has 6 nitrogen and oxygen atoms in total. The van der Waals surface area contributed by atoms with Crippen molar-refractivity contribution in [1.82, 2.24) is 4.98 Å². The van der Waals surface area contributed by atoms with Crippen LogP contribution < -0.4 is 22.1 Å². The first-order valence-corrected chi connectivity index (χ1v) is 8.98. The zero-order chi connectivity index (χ0) is 20.5. The monoisotopic (exact) mass is 413 g/mol. The van der Waals surface area contributed by atoms with Gasteiger partial charge in [0, 0.05) is 23.2 Å². The molecule has 1 saturated carbocycles. The lowest BCUT2D eigenvalue weighted by Crippen LogP contribution is -2.55. The Kier molecular flexibility index (Phi) is 5.66. The first-order valence-electron chi connectivity index (χ1n) is 8.60. The van der Waals surface area contributed by atoms with Crippen molar-refractivity contribution in [2.75, 3.05) is 10.6 Å². The Morgan fingerprint density at radius 1 is 1.29 bits per heavy atom. The Balaban J connectivity index is 1.97. The zero-order valence-corrected chi connectivity index (χ0v) is 15.4. The maximum absolute atomic E-state index is 14.5. The van der Waals surface area contributed by atoms with Gasteiger partial charge in [-0.1, -0.05) is 17.7 Å². The Labute approximate surface area is 164 Å². The third-order valence-corrected chi connectivity index (χ3v) is 4.79. The molecule has 0 bridgehead atoms. The second-order valence-electron chi connectivity index (χ2n) is 6.65. The third-order valence-electron chi connectivity index (χ3n) is 4.55. The minimum atomic E-state index is -3.12. The van der Waals surface area contributed by atoms with E-state index < -0.39 is 35.5 Å². The summed E-state index contributed by atoms with van der Waals surface area (Å²) < 4.78 is 42.9. The molecular weight excluding hydrogens is 395 g/mol. The van der Waals surface area contributed by atoms with Gasteiger partial charge in [0.05, 0.1) is 5.56 Å². The molecule has 0 radical (unpaired) electrons. The van der Waals surface area contributed by atoms with Gasteiger partial charge in [0.25, 0.3) is 11.8 Å². The summed E-state index contributed by atoms with van der Waals surface area (Å²) in [4.78, 5) is 15.7. The van der Waals surface area contributed by atoms with Crippen LogP contribution >= 0.6 is 11.6 Å². The minimum absolute atomic E-state index is 0.0913. The van der Waals surface area contributed by atoms with Crippen molar-refractivity contribution in [3.8, 4) is 0 Å². The van der Waals surface area contributed by atoms with Gasteiger partial charge in [0.15, 0.2) is 11.6 Å². The molecular formula is C18H19ClF3N5O. The summed E-state index contributed by atoms with van der Waals surface area (Å²) in [6.07, 6.45) is 0.305. The number of alkyl halides is 2. The number of aromatic nitrogens is 1. The number of anilines is 3. The number of nitrogens with one attached hydrogen (secondary N) is 2. The maximum Gasteiger partial charge on any atom is 0.269 e. The summed E-state index contributed by atoms with van der Waals surface area (Å²) in [6, 6.07) is 4.97. The summed E-state index contributed by atoms with van der Waals surface area (Å²) in [5, 5.41) is 5.64. The Morgan fingerprint density at radius 2 is 2.04 bits per heavy atom. The highest BCUT2D eigenvalue weighted by Crippen LogP contribution is 2.35. The van der Waals surface area contributed by atoms with Gasteiger partial charge in [-0.3, -0.25) is 4.79 Å². The first kappa shape index (κ1) is 20.2. The minimum Gasteiger partial charge on any atom is -0.365 e. The van der Waals surface area contributed by atoms with E-state index in [0.29, 0.717) is 17.1 Å². The highest BCUT2D eigenvalue weighted by atomic mass is 35.5. The quantitative estimate of drug-likeness (QED) is 0.598. The number of benzene rings is 1. The Morgan fingerprint density at radius 3 is 2.68 bits per heavy atom. The molecule has 1 heterocycles. The smallest absolute Gasteiger partial charge is 0.269 e. The molecule has 1 fully saturated rings. The van der Waals surface area contributed by atoms with Crippen molar-refractivity contribution in [2.45, 2.75) is 37.3 Å². The van der Waals surface area contributed by atoms with Crippen molar-refractivity contribution < 1.29 is 18.0 Å². The van der Waals surface area contributed by atoms with Gasteiger partial charge >= 0.3 is 0 Å². The van der Waals surface area contributed by atoms with Crippen LogP contribution in [0.4, 0.5) is 30.5 Å². The predicted octanol–water partition coefficient (Wildman–Crippen LogP) is 3.64. The molecule has 1 amide bonds. The molecule has 28 heavy (non-hydrogen) atoms. The highest BCUT2D eigenvalue weighted by molar-refractivity contribution is 6.30. The van der Waals surface area contributed by atoms with Gasteiger partial charge in [0.1, 0.15) is 11.9 Å². The van der Waals surface area contributed by atoms with E-state index >= 15 is 0 Å². The van der Waals surface area contributed by atoms with Crippen molar-refractivity contribution in [2.24, 2.45) is 11.5 Å². The average Bonchev–Trinajstić information content (AvgIpc) is 2.60. The van der Waals surface area contributed by atoms with E-state index in [1.54, 1.807) is 24.3 Å². The van der Waals surface area contributed by atoms with Crippen molar-refractivity contribution >= 4 is 34.8 Å². The number of halogens is 4. The molecule has 6 N–H and O–H groups in total. The first-order chi connectivity index (χ1) is 13.2. The molecule has 2 atom stereocenters. The summed E-state index contributed by atoms with van der Waals surface area (Å²) in [5.74, 6) is -5.57. The molecule has 0 aliphatic heterocycles.